The molecule has 0 bridgehead atoms. The third kappa shape index (κ3) is 2.55. The zero-order valence-electron chi connectivity index (χ0n) is 7.60. The molecular weight excluding hydrogens is 186 g/mol. The third-order valence-corrected chi connectivity index (χ3v) is 1.70. The Hall–Kier alpha value is -1.91. The van der Waals surface area contributed by atoms with Crippen molar-refractivity contribution in [3.05, 3.63) is 45.9 Å². The Labute approximate surface area is 80.5 Å². The lowest BCUT2D eigenvalue weighted by atomic mass is 10.0. The molecule has 0 N–H and O–H groups in total. The van der Waals surface area contributed by atoms with Crippen LogP contribution in [0.25, 0.3) is 0 Å². The highest BCUT2D eigenvalue weighted by Crippen LogP contribution is 2.15. The first kappa shape index (κ1) is 10.2. The first-order chi connectivity index (χ1) is 6.63. The maximum Gasteiger partial charge on any atom is 0.235 e. The zero-order chi connectivity index (χ0) is 10.6. The number of Topliss-reactive ketones (excluding diaryl/α,β-unsaturated/α-hetero) is 1. The first-order valence-electron chi connectivity index (χ1n) is 3.94. The lowest BCUT2D eigenvalue weighted by Crippen LogP contribution is -2.07. The molecule has 0 amide bonds. The van der Waals surface area contributed by atoms with Gasteiger partial charge in [-0.05, 0) is 11.6 Å². The van der Waals surface area contributed by atoms with Gasteiger partial charge >= 0.3 is 0 Å². The van der Waals surface area contributed by atoms with Crippen molar-refractivity contribution >= 4 is 5.78 Å². The number of carbonyl (C=O) groups excluding carboxylic acids is 1. The quantitative estimate of drug-likeness (QED) is 0.501. The number of methoxy groups -OCH3 is 1. The van der Waals surface area contributed by atoms with Crippen molar-refractivity contribution in [3.63, 3.8) is 0 Å². The van der Waals surface area contributed by atoms with Gasteiger partial charge in [0, 0.05) is 12.5 Å². The van der Waals surface area contributed by atoms with Crippen molar-refractivity contribution in [1.29, 1.82) is 0 Å². The van der Waals surface area contributed by atoms with Crippen LogP contribution in [-0.2, 0) is 9.53 Å². The zero-order valence-corrected chi connectivity index (χ0v) is 7.60. The molecule has 0 aromatic rings. The average molecular weight is 195 g/mol. The summed E-state index contributed by atoms with van der Waals surface area (Å²) in [4.78, 5) is 20.6. The molecule has 0 spiro atoms. The van der Waals surface area contributed by atoms with E-state index in [2.05, 4.69) is 0 Å². The normalized spacial score (nSPS) is 16.5. The van der Waals surface area contributed by atoms with Crippen molar-refractivity contribution < 1.29 is 14.5 Å². The Balaban J connectivity index is 2.79. The van der Waals surface area contributed by atoms with Crippen LogP contribution in [0.4, 0.5) is 0 Å². The summed E-state index contributed by atoms with van der Waals surface area (Å²) >= 11 is 0. The standard InChI is InChI=1S/C9H9NO4/c1-14-9-6-7(2-3-8(9)11)4-5-10(12)13/h2,4-6H,3H2,1H3. The lowest BCUT2D eigenvalue weighted by molar-refractivity contribution is -0.402. The van der Waals surface area contributed by atoms with E-state index in [4.69, 9.17) is 4.74 Å². The Morgan fingerprint density at radius 1 is 1.64 bits per heavy atom. The number of ketones is 1. The van der Waals surface area contributed by atoms with Crippen molar-refractivity contribution in [3.8, 4) is 0 Å². The van der Waals surface area contributed by atoms with Gasteiger partial charge in [-0.1, -0.05) is 6.08 Å². The predicted octanol–water partition coefficient (Wildman–Crippen LogP) is 1.21. The molecule has 1 aliphatic rings. The summed E-state index contributed by atoms with van der Waals surface area (Å²) in [5.41, 5.74) is 0.609. The second-order valence-corrected chi connectivity index (χ2v) is 2.65. The minimum absolute atomic E-state index is 0.120. The van der Waals surface area contributed by atoms with E-state index in [1.165, 1.54) is 19.3 Å². The minimum atomic E-state index is -0.558. The van der Waals surface area contributed by atoms with E-state index in [0.29, 0.717) is 5.57 Å². The van der Waals surface area contributed by atoms with E-state index in [9.17, 15) is 14.9 Å². The van der Waals surface area contributed by atoms with Crippen LogP contribution in [0, 0.1) is 10.1 Å². The molecule has 14 heavy (non-hydrogen) atoms. The molecule has 0 heterocycles. The third-order valence-electron chi connectivity index (χ3n) is 1.70. The topological polar surface area (TPSA) is 69.4 Å². The molecule has 0 fully saturated rings. The minimum Gasteiger partial charge on any atom is -0.493 e. The maximum absolute atomic E-state index is 11.1. The van der Waals surface area contributed by atoms with Gasteiger partial charge in [-0.25, -0.2) is 0 Å². The second-order valence-electron chi connectivity index (χ2n) is 2.65. The highest BCUT2D eigenvalue weighted by Gasteiger charge is 2.13. The van der Waals surface area contributed by atoms with Crippen LogP contribution in [-0.4, -0.2) is 17.8 Å². The van der Waals surface area contributed by atoms with Gasteiger partial charge in [-0.2, -0.15) is 0 Å². The summed E-state index contributed by atoms with van der Waals surface area (Å²) < 4.78 is 4.81. The number of ether oxygens (including phenoxy) is 1. The van der Waals surface area contributed by atoms with E-state index in [1.807, 2.05) is 0 Å². The predicted molar refractivity (Wildman–Crippen MR) is 48.9 cm³/mol. The fourth-order valence-corrected chi connectivity index (χ4v) is 1.04. The molecule has 0 saturated heterocycles. The molecule has 0 aromatic heterocycles. The molecule has 5 heteroatoms. The number of nitro groups is 1. The van der Waals surface area contributed by atoms with Crippen LogP contribution in [0.15, 0.2) is 35.8 Å². The van der Waals surface area contributed by atoms with Crippen LogP contribution < -0.4 is 0 Å². The van der Waals surface area contributed by atoms with Gasteiger partial charge in [0.2, 0.25) is 12.0 Å². The molecular formula is C9H9NO4. The maximum atomic E-state index is 11.1. The van der Waals surface area contributed by atoms with Crippen molar-refractivity contribution in [2.45, 2.75) is 6.42 Å². The highest BCUT2D eigenvalue weighted by molar-refractivity contribution is 5.96. The number of rotatable bonds is 3. The summed E-state index contributed by atoms with van der Waals surface area (Å²) in [5, 5.41) is 10.0. The fraction of sp³-hybridized carbons (Fsp3) is 0.222. The van der Waals surface area contributed by atoms with Crippen molar-refractivity contribution in [2.75, 3.05) is 7.11 Å². The molecule has 0 radical (unpaired) electrons. The summed E-state index contributed by atoms with van der Waals surface area (Å²) in [6.07, 6.45) is 5.46. The monoisotopic (exact) mass is 195 g/mol. The largest absolute Gasteiger partial charge is 0.493 e. The van der Waals surface area contributed by atoms with Crippen molar-refractivity contribution in [1.82, 2.24) is 0 Å². The van der Waals surface area contributed by atoms with Gasteiger partial charge in [-0.15, -0.1) is 0 Å². The van der Waals surface area contributed by atoms with Gasteiger partial charge < -0.3 is 4.74 Å². The Morgan fingerprint density at radius 2 is 2.36 bits per heavy atom. The molecule has 74 valence electrons. The van der Waals surface area contributed by atoms with Gasteiger partial charge in [0.1, 0.15) is 0 Å². The Kier molecular flexibility index (Phi) is 3.17. The molecule has 1 aliphatic carbocycles. The Morgan fingerprint density at radius 3 is 2.93 bits per heavy atom. The molecule has 1 rings (SSSR count). The van der Waals surface area contributed by atoms with Gasteiger partial charge in [0.25, 0.3) is 0 Å². The second kappa shape index (κ2) is 4.36. The number of nitrogens with zero attached hydrogens (tertiary/aromatic N) is 1. The van der Waals surface area contributed by atoms with Crippen LogP contribution in [0.3, 0.4) is 0 Å². The lowest BCUT2D eigenvalue weighted by Gasteiger charge is -2.08. The van der Waals surface area contributed by atoms with E-state index >= 15 is 0 Å². The summed E-state index contributed by atoms with van der Waals surface area (Å²) in [7, 11) is 1.39. The van der Waals surface area contributed by atoms with E-state index in [-0.39, 0.29) is 18.0 Å². The average Bonchev–Trinajstić information content (AvgIpc) is 2.16. The van der Waals surface area contributed by atoms with Gasteiger partial charge in [0.05, 0.1) is 12.0 Å². The number of hydrogen-bond acceptors (Lipinski definition) is 4. The molecule has 0 unspecified atom stereocenters. The molecule has 5 nitrogen and oxygen atoms in total. The Bertz CT molecular complexity index is 352. The first-order valence-corrected chi connectivity index (χ1v) is 3.94. The summed E-state index contributed by atoms with van der Waals surface area (Å²) in [5.74, 6) is 0.112. The highest BCUT2D eigenvalue weighted by atomic mass is 16.6. The number of hydrogen-bond donors (Lipinski definition) is 0. The van der Waals surface area contributed by atoms with E-state index in [0.717, 1.165) is 6.20 Å². The van der Waals surface area contributed by atoms with Crippen LogP contribution in [0.2, 0.25) is 0 Å². The van der Waals surface area contributed by atoms with Crippen LogP contribution in [0.1, 0.15) is 6.42 Å². The number of allylic oxidation sites excluding steroid dienone is 5. The van der Waals surface area contributed by atoms with E-state index in [1.54, 1.807) is 6.08 Å². The number of carbonyl (C=O) groups is 1. The summed E-state index contributed by atoms with van der Waals surface area (Å²) in [6.45, 7) is 0. The molecule has 0 saturated carbocycles. The summed E-state index contributed by atoms with van der Waals surface area (Å²) in [6, 6.07) is 0. The van der Waals surface area contributed by atoms with Gasteiger partial charge in [0.15, 0.2) is 5.76 Å². The van der Waals surface area contributed by atoms with Crippen molar-refractivity contribution in [2.24, 2.45) is 0 Å². The van der Waals surface area contributed by atoms with Gasteiger partial charge in [-0.3, -0.25) is 14.9 Å². The van der Waals surface area contributed by atoms with Crippen LogP contribution in [0.5, 0.6) is 0 Å². The molecule has 0 aliphatic heterocycles. The molecule has 0 atom stereocenters. The van der Waals surface area contributed by atoms with E-state index < -0.39 is 4.92 Å². The SMILES string of the molecule is COC1=CC(C=C[N+](=O)[O-])=CCC1=O. The molecule has 0 aromatic carbocycles. The fourth-order valence-electron chi connectivity index (χ4n) is 1.04. The van der Waals surface area contributed by atoms with Crippen LogP contribution >= 0.6 is 0 Å². The smallest absolute Gasteiger partial charge is 0.235 e.